The van der Waals surface area contributed by atoms with Crippen molar-refractivity contribution < 1.29 is 13.2 Å². The molecule has 8 nitrogen and oxygen atoms in total. The van der Waals surface area contributed by atoms with Crippen molar-refractivity contribution in [3.8, 4) is 5.75 Å². The number of sulfonamides is 1. The van der Waals surface area contributed by atoms with Gasteiger partial charge >= 0.3 is 0 Å². The molecule has 0 spiro atoms. The van der Waals surface area contributed by atoms with E-state index in [1.165, 1.54) is 11.1 Å². The lowest BCUT2D eigenvalue weighted by Gasteiger charge is -2.30. The number of hydrogen-bond acceptors (Lipinski definition) is 6. The number of ether oxygens (including phenoxy) is 1. The maximum atomic E-state index is 13.7. The Kier molecular flexibility index (Phi) is 13.0. The second kappa shape index (κ2) is 18.4. The van der Waals surface area contributed by atoms with E-state index in [4.69, 9.17) is 4.74 Å². The Bertz CT molecular complexity index is 2040. The number of unbranched alkanes of at least 4 members (excludes halogenated alkanes) is 1. The summed E-state index contributed by atoms with van der Waals surface area (Å²) in [6, 6.07) is 44.6. The fourth-order valence-corrected chi connectivity index (χ4v) is 7.53. The highest BCUT2D eigenvalue weighted by Crippen LogP contribution is 2.31. The number of aryl methyl sites for hydroxylation is 3. The van der Waals surface area contributed by atoms with Gasteiger partial charge in [0, 0.05) is 0 Å². The summed E-state index contributed by atoms with van der Waals surface area (Å²) >= 11 is 0. The number of rotatable bonds is 19. The lowest BCUT2D eigenvalue weighted by molar-refractivity contribution is 0.306. The molecule has 0 saturated carbocycles. The van der Waals surface area contributed by atoms with Gasteiger partial charge in [-0.05, 0) is 92.1 Å². The van der Waals surface area contributed by atoms with Crippen LogP contribution in [0.15, 0.2) is 151 Å². The summed E-state index contributed by atoms with van der Waals surface area (Å²) in [5, 5.41) is 12.1. The van der Waals surface area contributed by atoms with Crippen molar-refractivity contribution in [3.63, 3.8) is 0 Å². The summed E-state index contributed by atoms with van der Waals surface area (Å²) in [4.78, 5) is 0.249. The quantitative estimate of drug-likeness (QED) is 0.0826. The first-order valence-electron chi connectivity index (χ1n) is 18.0. The van der Waals surface area contributed by atoms with E-state index >= 15 is 0 Å². The van der Waals surface area contributed by atoms with E-state index in [1.54, 1.807) is 12.1 Å². The van der Waals surface area contributed by atoms with Crippen LogP contribution >= 0.6 is 0 Å². The molecule has 0 amide bonds. The molecule has 9 heteroatoms. The molecular formula is C43H47N5O3S. The maximum Gasteiger partial charge on any atom is 0.241 e. The Morgan fingerprint density at radius 3 is 1.98 bits per heavy atom. The van der Waals surface area contributed by atoms with Gasteiger partial charge in [0.05, 0.1) is 42.0 Å². The standard InChI is InChI=1S/C43H47N5O3S/c1-34-22-28-41(29-23-34)52(49,50)46-43(38-19-9-4-10-20-38)42(37-17-7-3-8-18-37)44-30-13-16-35-24-26-40(27-25-35)51-31-12-11-21-39-32-45-47-48(39)33-36-14-5-2-6-15-36/h2-10,14-15,17-20,22-29,32,42-44,46H,11-13,16,21,30-31,33H2,1H3/t42-,43+/m0/s1. The largest absolute Gasteiger partial charge is 0.494 e. The summed E-state index contributed by atoms with van der Waals surface area (Å²) in [5.41, 5.74) is 6.49. The second-order valence-corrected chi connectivity index (χ2v) is 14.8. The predicted molar refractivity (Wildman–Crippen MR) is 207 cm³/mol. The maximum absolute atomic E-state index is 13.7. The zero-order chi connectivity index (χ0) is 36.0. The predicted octanol–water partition coefficient (Wildman–Crippen LogP) is 8.02. The van der Waals surface area contributed by atoms with Crippen LogP contribution in [0.25, 0.3) is 0 Å². The third-order valence-electron chi connectivity index (χ3n) is 9.16. The Hall–Kier alpha value is -5.09. The molecule has 2 atom stereocenters. The fraction of sp³-hybridized carbons (Fsp3) is 0.256. The average Bonchev–Trinajstić information content (AvgIpc) is 3.62. The highest BCUT2D eigenvalue weighted by molar-refractivity contribution is 7.89. The first kappa shape index (κ1) is 36.7. The number of nitrogens with zero attached hydrogens (tertiary/aromatic N) is 3. The zero-order valence-corrected chi connectivity index (χ0v) is 30.5. The normalized spacial score (nSPS) is 12.7. The van der Waals surface area contributed by atoms with Crippen LogP contribution in [0, 0.1) is 6.92 Å². The minimum Gasteiger partial charge on any atom is -0.494 e. The first-order chi connectivity index (χ1) is 25.4. The zero-order valence-electron chi connectivity index (χ0n) is 29.6. The topological polar surface area (TPSA) is 98.1 Å². The Morgan fingerprint density at radius 2 is 1.31 bits per heavy atom. The number of hydrogen-bond donors (Lipinski definition) is 2. The summed E-state index contributed by atoms with van der Waals surface area (Å²) in [6.07, 6.45) is 6.46. The van der Waals surface area contributed by atoms with Gasteiger partial charge in [-0.15, -0.1) is 5.10 Å². The molecule has 1 heterocycles. The molecule has 0 bridgehead atoms. The van der Waals surface area contributed by atoms with Gasteiger partial charge in [-0.25, -0.2) is 17.8 Å². The summed E-state index contributed by atoms with van der Waals surface area (Å²) in [5.74, 6) is 0.869. The smallest absolute Gasteiger partial charge is 0.241 e. The Morgan fingerprint density at radius 1 is 0.673 bits per heavy atom. The van der Waals surface area contributed by atoms with Crippen molar-refractivity contribution in [3.05, 3.63) is 179 Å². The van der Waals surface area contributed by atoms with Crippen LogP contribution in [0.4, 0.5) is 0 Å². The number of benzene rings is 5. The van der Waals surface area contributed by atoms with Crippen LogP contribution < -0.4 is 14.8 Å². The van der Waals surface area contributed by atoms with E-state index in [-0.39, 0.29) is 10.9 Å². The molecule has 52 heavy (non-hydrogen) atoms. The third kappa shape index (κ3) is 10.5. The van der Waals surface area contributed by atoms with Crippen molar-refractivity contribution >= 4 is 10.0 Å². The van der Waals surface area contributed by atoms with Crippen LogP contribution in [-0.4, -0.2) is 36.6 Å². The van der Waals surface area contributed by atoms with Crippen LogP contribution in [0.2, 0.25) is 0 Å². The van der Waals surface area contributed by atoms with Crippen molar-refractivity contribution in [1.82, 2.24) is 25.0 Å². The van der Waals surface area contributed by atoms with Gasteiger partial charge in [-0.3, -0.25) is 0 Å². The molecule has 6 rings (SSSR count). The molecule has 0 aliphatic carbocycles. The van der Waals surface area contributed by atoms with Gasteiger partial charge < -0.3 is 10.1 Å². The van der Waals surface area contributed by atoms with Gasteiger partial charge in [0.1, 0.15) is 5.75 Å². The van der Waals surface area contributed by atoms with Crippen molar-refractivity contribution in [2.75, 3.05) is 13.2 Å². The number of nitrogens with one attached hydrogen (secondary N) is 2. The van der Waals surface area contributed by atoms with Gasteiger partial charge in [-0.2, -0.15) is 0 Å². The molecule has 1 aromatic heterocycles. The highest BCUT2D eigenvalue weighted by atomic mass is 32.2. The molecule has 0 radical (unpaired) electrons. The van der Waals surface area contributed by atoms with Crippen LogP contribution in [0.3, 0.4) is 0 Å². The minimum absolute atomic E-state index is 0.249. The molecule has 5 aromatic carbocycles. The van der Waals surface area contributed by atoms with E-state index in [1.807, 2.05) is 121 Å². The van der Waals surface area contributed by atoms with E-state index in [2.05, 4.69) is 44.6 Å². The molecule has 0 aliphatic heterocycles. The summed E-state index contributed by atoms with van der Waals surface area (Å²) in [7, 11) is -3.80. The van der Waals surface area contributed by atoms with Gasteiger partial charge in [0.2, 0.25) is 10.0 Å². The van der Waals surface area contributed by atoms with E-state index in [0.29, 0.717) is 13.2 Å². The molecular weight excluding hydrogens is 667 g/mol. The van der Waals surface area contributed by atoms with Gasteiger partial charge in [0.25, 0.3) is 0 Å². The van der Waals surface area contributed by atoms with E-state index in [0.717, 1.165) is 66.8 Å². The lowest BCUT2D eigenvalue weighted by atomic mass is 9.94. The van der Waals surface area contributed by atoms with Crippen LogP contribution in [-0.2, 0) is 29.4 Å². The van der Waals surface area contributed by atoms with Gasteiger partial charge in [0.15, 0.2) is 0 Å². The van der Waals surface area contributed by atoms with Crippen molar-refractivity contribution in [2.45, 2.75) is 62.6 Å². The third-order valence-corrected chi connectivity index (χ3v) is 10.6. The first-order valence-corrected chi connectivity index (χ1v) is 19.5. The minimum atomic E-state index is -3.80. The molecule has 268 valence electrons. The molecule has 0 fully saturated rings. The van der Waals surface area contributed by atoms with Crippen LogP contribution in [0.5, 0.6) is 5.75 Å². The summed E-state index contributed by atoms with van der Waals surface area (Å²) in [6.45, 7) is 4.03. The fourth-order valence-electron chi connectivity index (χ4n) is 6.29. The molecule has 0 unspecified atom stereocenters. The second-order valence-electron chi connectivity index (χ2n) is 13.1. The highest BCUT2D eigenvalue weighted by Gasteiger charge is 2.29. The Labute approximate surface area is 308 Å². The molecule has 0 saturated heterocycles. The van der Waals surface area contributed by atoms with Gasteiger partial charge in [-0.1, -0.05) is 126 Å². The Balaban J connectivity index is 1.00. The lowest BCUT2D eigenvalue weighted by Crippen LogP contribution is -2.39. The van der Waals surface area contributed by atoms with E-state index < -0.39 is 16.1 Å². The SMILES string of the molecule is Cc1ccc(S(=O)(=O)N[C@H](c2ccccc2)[C@@H](NCCCc2ccc(OCCCCc3cnnn3Cc3ccccc3)cc2)c2ccccc2)cc1. The van der Waals surface area contributed by atoms with Crippen molar-refractivity contribution in [2.24, 2.45) is 0 Å². The molecule has 0 aliphatic rings. The number of aromatic nitrogens is 3. The monoisotopic (exact) mass is 713 g/mol. The molecule has 6 aromatic rings. The summed E-state index contributed by atoms with van der Waals surface area (Å²) < 4.78 is 38.4. The molecule has 2 N–H and O–H groups in total. The van der Waals surface area contributed by atoms with E-state index in [9.17, 15) is 8.42 Å². The average molecular weight is 714 g/mol. The van der Waals surface area contributed by atoms with Crippen molar-refractivity contribution in [1.29, 1.82) is 0 Å². The van der Waals surface area contributed by atoms with Crippen LogP contribution in [0.1, 0.15) is 64.9 Å².